The van der Waals surface area contributed by atoms with E-state index in [0.717, 1.165) is 15.3 Å². The van der Waals surface area contributed by atoms with Crippen molar-refractivity contribution in [3.05, 3.63) is 52.6 Å². The Morgan fingerprint density at radius 2 is 2.17 bits per heavy atom. The largest absolute Gasteiger partial charge is 0.249 e. The van der Waals surface area contributed by atoms with Gasteiger partial charge >= 0.3 is 0 Å². The minimum Gasteiger partial charge on any atom is -0.249 e. The van der Waals surface area contributed by atoms with Crippen molar-refractivity contribution in [3.8, 4) is 0 Å². The highest BCUT2D eigenvalue weighted by atomic mass is 79.9. The predicted molar refractivity (Wildman–Crippen MR) is 82.6 cm³/mol. The summed E-state index contributed by atoms with van der Waals surface area (Å²) < 4.78 is 1.04. The molecule has 1 aliphatic heterocycles. The molecule has 0 bridgehead atoms. The summed E-state index contributed by atoms with van der Waals surface area (Å²) >= 11 is 7.23. The molecular weight excluding hydrogens is 326 g/mol. The lowest BCUT2D eigenvalue weighted by Crippen LogP contribution is -2.00. The predicted octanol–water partition coefficient (Wildman–Crippen LogP) is 4.83. The van der Waals surface area contributed by atoms with Crippen molar-refractivity contribution in [2.45, 2.75) is 15.8 Å². The number of nitrogens with zero attached hydrogens (tertiary/aromatic N) is 1. The van der Waals surface area contributed by atoms with Gasteiger partial charge in [0.05, 0.1) is 5.03 Å². The first-order valence-corrected chi connectivity index (χ1v) is 8.55. The van der Waals surface area contributed by atoms with Gasteiger partial charge < -0.3 is 0 Å². The second kappa shape index (κ2) is 5.68. The standard InChI is InChI=1S/C14H12BrNS2/c15-11-5-6-14(16-7-11)18-9-10-8-17-13-4-2-1-3-12(10)13/h1-7,10H,8-9H2. The Labute approximate surface area is 124 Å². The highest BCUT2D eigenvalue weighted by Crippen LogP contribution is 2.41. The van der Waals surface area contributed by atoms with Gasteiger partial charge in [0.15, 0.2) is 0 Å². The number of fused-ring (bicyclic) bond motifs is 1. The van der Waals surface area contributed by atoms with Crippen molar-refractivity contribution in [2.24, 2.45) is 0 Å². The zero-order valence-electron chi connectivity index (χ0n) is 9.67. The molecule has 1 atom stereocenters. The molecule has 3 rings (SSSR count). The average molecular weight is 338 g/mol. The van der Waals surface area contributed by atoms with E-state index in [-0.39, 0.29) is 0 Å². The minimum atomic E-state index is 0.654. The van der Waals surface area contributed by atoms with Gasteiger partial charge in [-0.05, 0) is 39.7 Å². The van der Waals surface area contributed by atoms with Gasteiger partial charge in [0.25, 0.3) is 0 Å². The van der Waals surface area contributed by atoms with Gasteiger partial charge in [-0.3, -0.25) is 0 Å². The Hall–Kier alpha value is -0.450. The van der Waals surface area contributed by atoms with Crippen LogP contribution in [0.3, 0.4) is 0 Å². The van der Waals surface area contributed by atoms with E-state index in [1.807, 2.05) is 35.8 Å². The molecule has 0 fully saturated rings. The lowest BCUT2D eigenvalue weighted by Gasteiger charge is -2.09. The molecule has 1 unspecified atom stereocenters. The summed E-state index contributed by atoms with van der Waals surface area (Å²) in [7, 11) is 0. The fraction of sp³-hybridized carbons (Fsp3) is 0.214. The summed E-state index contributed by atoms with van der Waals surface area (Å²) in [5.74, 6) is 2.96. The van der Waals surface area contributed by atoms with E-state index >= 15 is 0 Å². The Morgan fingerprint density at radius 3 is 3.00 bits per heavy atom. The molecule has 0 aliphatic carbocycles. The van der Waals surface area contributed by atoms with Crippen LogP contribution in [0.2, 0.25) is 0 Å². The summed E-state index contributed by atoms with van der Waals surface area (Å²) in [4.78, 5) is 5.86. The van der Waals surface area contributed by atoms with E-state index in [1.165, 1.54) is 16.2 Å². The van der Waals surface area contributed by atoms with Crippen molar-refractivity contribution in [1.82, 2.24) is 4.98 Å². The smallest absolute Gasteiger partial charge is 0.0960 e. The van der Waals surface area contributed by atoms with E-state index < -0.39 is 0 Å². The molecule has 0 spiro atoms. The van der Waals surface area contributed by atoms with Gasteiger partial charge in [-0.2, -0.15) is 0 Å². The topological polar surface area (TPSA) is 12.9 Å². The van der Waals surface area contributed by atoms with Crippen LogP contribution < -0.4 is 0 Å². The molecule has 1 aliphatic rings. The zero-order chi connectivity index (χ0) is 12.4. The molecular formula is C14H12BrNS2. The molecule has 0 saturated heterocycles. The molecule has 0 N–H and O–H groups in total. The molecule has 0 amide bonds. The molecule has 1 aromatic heterocycles. The third-order valence-electron chi connectivity index (χ3n) is 2.93. The van der Waals surface area contributed by atoms with Crippen molar-refractivity contribution in [3.63, 3.8) is 0 Å². The normalized spacial score (nSPS) is 17.7. The molecule has 4 heteroatoms. The number of halogens is 1. The fourth-order valence-corrected chi connectivity index (χ4v) is 4.60. The Balaban J connectivity index is 1.67. The molecule has 0 radical (unpaired) electrons. The van der Waals surface area contributed by atoms with Crippen molar-refractivity contribution < 1.29 is 0 Å². The van der Waals surface area contributed by atoms with E-state index in [2.05, 4.69) is 51.2 Å². The third kappa shape index (κ3) is 2.76. The van der Waals surface area contributed by atoms with E-state index in [4.69, 9.17) is 0 Å². The van der Waals surface area contributed by atoms with E-state index in [1.54, 1.807) is 0 Å². The number of hydrogen-bond donors (Lipinski definition) is 0. The summed E-state index contributed by atoms with van der Waals surface area (Å²) in [6.07, 6.45) is 1.86. The summed E-state index contributed by atoms with van der Waals surface area (Å²) in [5.41, 5.74) is 1.51. The SMILES string of the molecule is Brc1ccc(SCC2CSc3ccccc32)nc1. The van der Waals surface area contributed by atoms with Crippen molar-refractivity contribution in [1.29, 1.82) is 0 Å². The molecule has 18 heavy (non-hydrogen) atoms. The quantitative estimate of drug-likeness (QED) is 0.745. The van der Waals surface area contributed by atoms with E-state index in [0.29, 0.717) is 5.92 Å². The molecule has 1 nitrogen and oxygen atoms in total. The molecule has 92 valence electrons. The van der Waals surface area contributed by atoms with Gasteiger partial charge in [-0.1, -0.05) is 18.2 Å². The fourth-order valence-electron chi connectivity index (χ4n) is 2.00. The Morgan fingerprint density at radius 1 is 1.28 bits per heavy atom. The van der Waals surface area contributed by atoms with Crippen LogP contribution in [0, 0.1) is 0 Å². The Kier molecular flexibility index (Phi) is 3.97. The van der Waals surface area contributed by atoms with Crippen LogP contribution in [0.25, 0.3) is 0 Å². The van der Waals surface area contributed by atoms with Gasteiger partial charge in [0.1, 0.15) is 0 Å². The molecule has 0 saturated carbocycles. The van der Waals surface area contributed by atoms with Crippen LogP contribution in [0.4, 0.5) is 0 Å². The van der Waals surface area contributed by atoms with Gasteiger partial charge in [-0.15, -0.1) is 23.5 Å². The summed E-state index contributed by atoms with van der Waals surface area (Å²) in [6.45, 7) is 0. The lowest BCUT2D eigenvalue weighted by molar-refractivity contribution is 0.894. The molecule has 2 aromatic rings. The Bertz CT molecular complexity index is 542. The number of thioether (sulfide) groups is 2. The second-order valence-electron chi connectivity index (χ2n) is 4.17. The first-order valence-electron chi connectivity index (χ1n) is 5.79. The molecule has 2 heterocycles. The summed E-state index contributed by atoms with van der Waals surface area (Å²) in [6, 6.07) is 12.9. The minimum absolute atomic E-state index is 0.654. The van der Waals surface area contributed by atoms with Crippen LogP contribution in [0.15, 0.2) is 57.0 Å². The van der Waals surface area contributed by atoms with Crippen LogP contribution in [-0.2, 0) is 0 Å². The average Bonchev–Trinajstić information content (AvgIpc) is 2.82. The molecule has 1 aromatic carbocycles. The maximum Gasteiger partial charge on any atom is 0.0960 e. The highest BCUT2D eigenvalue weighted by Gasteiger charge is 2.22. The van der Waals surface area contributed by atoms with Crippen LogP contribution in [-0.4, -0.2) is 16.5 Å². The van der Waals surface area contributed by atoms with Gasteiger partial charge in [-0.25, -0.2) is 4.98 Å². The number of rotatable bonds is 3. The maximum atomic E-state index is 4.40. The maximum absolute atomic E-state index is 4.40. The monoisotopic (exact) mass is 337 g/mol. The van der Waals surface area contributed by atoms with Gasteiger partial charge in [0.2, 0.25) is 0 Å². The number of pyridine rings is 1. The third-order valence-corrected chi connectivity index (χ3v) is 5.76. The lowest BCUT2D eigenvalue weighted by atomic mass is 10.0. The number of hydrogen-bond acceptors (Lipinski definition) is 3. The van der Waals surface area contributed by atoms with Crippen LogP contribution in [0.5, 0.6) is 0 Å². The first kappa shape index (κ1) is 12.6. The van der Waals surface area contributed by atoms with Gasteiger partial charge in [0, 0.05) is 33.0 Å². The highest BCUT2D eigenvalue weighted by molar-refractivity contribution is 9.10. The number of aromatic nitrogens is 1. The van der Waals surface area contributed by atoms with Crippen LogP contribution in [0.1, 0.15) is 11.5 Å². The first-order chi connectivity index (χ1) is 8.83. The number of benzene rings is 1. The zero-order valence-corrected chi connectivity index (χ0v) is 12.9. The van der Waals surface area contributed by atoms with Crippen molar-refractivity contribution >= 4 is 39.5 Å². The second-order valence-corrected chi connectivity index (χ2v) is 7.19. The van der Waals surface area contributed by atoms with Crippen molar-refractivity contribution in [2.75, 3.05) is 11.5 Å². The van der Waals surface area contributed by atoms with E-state index in [9.17, 15) is 0 Å². The summed E-state index contributed by atoms with van der Waals surface area (Å²) in [5, 5.41) is 1.10. The van der Waals surface area contributed by atoms with Crippen LogP contribution >= 0.6 is 39.5 Å².